The van der Waals surface area contributed by atoms with Gasteiger partial charge in [0.25, 0.3) is 0 Å². The number of H-pyrrole nitrogens is 1. The van der Waals surface area contributed by atoms with E-state index >= 15 is 0 Å². The molecule has 3 N–H and O–H groups in total. The molecule has 4 heteroatoms. The Morgan fingerprint density at radius 3 is 2.71 bits per heavy atom. The first-order valence-corrected chi connectivity index (χ1v) is 4.32. The van der Waals surface area contributed by atoms with Crippen LogP contribution in [0.15, 0.2) is 36.5 Å². The van der Waals surface area contributed by atoms with E-state index in [1.807, 2.05) is 30.3 Å². The summed E-state index contributed by atoms with van der Waals surface area (Å²) in [5.74, 6) is 2.10. The number of hydrogen-bond donors (Lipinski definition) is 2. The molecule has 72 valence electrons. The molecule has 1 aromatic heterocycles. The summed E-state index contributed by atoms with van der Waals surface area (Å²) in [5.41, 5.74) is 5.47. The molecule has 0 atom stereocenters. The molecule has 0 radical (unpaired) electrons. The quantitative estimate of drug-likeness (QED) is 0.770. The molecule has 2 rings (SSSR count). The molecule has 1 heterocycles. The summed E-state index contributed by atoms with van der Waals surface area (Å²) in [6.45, 7) is 0.404. The third-order valence-electron chi connectivity index (χ3n) is 1.77. The maximum atomic E-state index is 5.47. The van der Waals surface area contributed by atoms with Crippen molar-refractivity contribution in [2.75, 3.05) is 5.73 Å². The molecule has 0 saturated heterocycles. The molecular weight excluding hydrogens is 178 g/mol. The van der Waals surface area contributed by atoms with Crippen LogP contribution in [0.3, 0.4) is 0 Å². The van der Waals surface area contributed by atoms with Crippen molar-refractivity contribution in [1.29, 1.82) is 0 Å². The number of nitrogens with zero attached hydrogens (tertiary/aromatic N) is 1. The minimum Gasteiger partial charge on any atom is -0.486 e. The number of rotatable bonds is 3. The Bertz CT molecular complexity index is 397. The predicted molar refractivity (Wildman–Crippen MR) is 53.8 cm³/mol. The van der Waals surface area contributed by atoms with Gasteiger partial charge in [-0.15, -0.1) is 0 Å². The maximum Gasteiger partial charge on any atom is 0.146 e. The largest absolute Gasteiger partial charge is 0.486 e. The van der Waals surface area contributed by atoms with Gasteiger partial charge >= 0.3 is 0 Å². The van der Waals surface area contributed by atoms with Crippen LogP contribution in [0.25, 0.3) is 0 Å². The molecule has 0 amide bonds. The monoisotopic (exact) mass is 189 g/mol. The fraction of sp³-hybridized carbons (Fsp3) is 0.100. The number of para-hydroxylation sites is 1. The zero-order chi connectivity index (χ0) is 9.80. The topological polar surface area (TPSA) is 63.9 Å². The van der Waals surface area contributed by atoms with Crippen LogP contribution in [0.1, 0.15) is 5.82 Å². The van der Waals surface area contributed by atoms with E-state index in [0.717, 1.165) is 11.6 Å². The predicted octanol–water partition coefficient (Wildman–Crippen LogP) is 1.57. The molecule has 2 aromatic rings. The van der Waals surface area contributed by atoms with E-state index < -0.39 is 0 Å². The SMILES string of the molecule is Nc1cnc(COc2ccccc2)[nH]1. The fourth-order valence-electron chi connectivity index (χ4n) is 1.12. The number of nitrogens with two attached hydrogens (primary N) is 1. The zero-order valence-corrected chi connectivity index (χ0v) is 7.60. The summed E-state index contributed by atoms with van der Waals surface area (Å²) in [7, 11) is 0. The van der Waals surface area contributed by atoms with E-state index in [0.29, 0.717) is 12.4 Å². The van der Waals surface area contributed by atoms with Gasteiger partial charge in [0.2, 0.25) is 0 Å². The standard InChI is InChI=1S/C10H11N3O/c11-9-6-12-10(13-9)7-14-8-4-2-1-3-5-8/h1-6H,7,11H2,(H,12,13). The Morgan fingerprint density at radius 1 is 1.29 bits per heavy atom. The molecule has 4 nitrogen and oxygen atoms in total. The molecule has 0 fully saturated rings. The van der Waals surface area contributed by atoms with Crippen LogP contribution in [0.5, 0.6) is 5.75 Å². The van der Waals surface area contributed by atoms with Crippen molar-refractivity contribution in [2.24, 2.45) is 0 Å². The lowest BCUT2D eigenvalue weighted by Crippen LogP contribution is -1.97. The Hall–Kier alpha value is -1.97. The van der Waals surface area contributed by atoms with Gasteiger partial charge in [0, 0.05) is 0 Å². The highest BCUT2D eigenvalue weighted by atomic mass is 16.5. The summed E-state index contributed by atoms with van der Waals surface area (Å²) in [6.07, 6.45) is 1.57. The number of nitrogens with one attached hydrogen (secondary N) is 1. The lowest BCUT2D eigenvalue weighted by molar-refractivity contribution is 0.297. The van der Waals surface area contributed by atoms with E-state index in [2.05, 4.69) is 9.97 Å². The van der Waals surface area contributed by atoms with Crippen LogP contribution in [-0.2, 0) is 6.61 Å². The molecule has 14 heavy (non-hydrogen) atoms. The van der Waals surface area contributed by atoms with Gasteiger partial charge in [0.15, 0.2) is 0 Å². The Morgan fingerprint density at radius 2 is 2.07 bits per heavy atom. The highest BCUT2D eigenvalue weighted by molar-refractivity contribution is 5.25. The van der Waals surface area contributed by atoms with Crippen molar-refractivity contribution in [3.8, 4) is 5.75 Å². The number of anilines is 1. The minimum atomic E-state index is 0.404. The zero-order valence-electron chi connectivity index (χ0n) is 7.60. The van der Waals surface area contributed by atoms with Gasteiger partial charge in [-0.3, -0.25) is 0 Å². The van der Waals surface area contributed by atoms with Crippen LogP contribution in [0, 0.1) is 0 Å². The molecule has 0 aliphatic rings. The van der Waals surface area contributed by atoms with Crippen molar-refractivity contribution in [3.05, 3.63) is 42.4 Å². The van der Waals surface area contributed by atoms with E-state index in [1.165, 1.54) is 0 Å². The summed E-state index contributed by atoms with van der Waals surface area (Å²) >= 11 is 0. The minimum absolute atomic E-state index is 0.404. The third kappa shape index (κ3) is 2.04. The number of benzene rings is 1. The van der Waals surface area contributed by atoms with Crippen LogP contribution in [0.2, 0.25) is 0 Å². The normalized spacial score (nSPS) is 10.0. The lowest BCUT2D eigenvalue weighted by Gasteiger charge is -2.02. The highest BCUT2D eigenvalue weighted by Gasteiger charge is 1.98. The molecule has 1 aromatic carbocycles. The summed E-state index contributed by atoms with van der Waals surface area (Å²) in [6, 6.07) is 9.58. The Balaban J connectivity index is 1.95. The molecule has 0 bridgehead atoms. The highest BCUT2D eigenvalue weighted by Crippen LogP contribution is 2.10. The second kappa shape index (κ2) is 3.83. The van der Waals surface area contributed by atoms with Crippen molar-refractivity contribution < 1.29 is 4.74 Å². The number of aromatic nitrogens is 2. The number of ether oxygens (including phenoxy) is 1. The van der Waals surface area contributed by atoms with E-state index in [4.69, 9.17) is 10.5 Å². The molecule has 0 unspecified atom stereocenters. The summed E-state index contributed by atoms with van der Waals surface area (Å²) in [5, 5.41) is 0. The summed E-state index contributed by atoms with van der Waals surface area (Å²) in [4.78, 5) is 6.91. The van der Waals surface area contributed by atoms with Crippen molar-refractivity contribution in [3.63, 3.8) is 0 Å². The van der Waals surface area contributed by atoms with Gasteiger partial charge in [0.1, 0.15) is 24.0 Å². The van der Waals surface area contributed by atoms with Crippen LogP contribution < -0.4 is 10.5 Å². The first-order chi connectivity index (χ1) is 6.84. The molecule has 0 aliphatic heterocycles. The average Bonchev–Trinajstić information content (AvgIpc) is 2.63. The fourth-order valence-corrected chi connectivity index (χ4v) is 1.12. The second-order valence-corrected chi connectivity index (χ2v) is 2.89. The smallest absolute Gasteiger partial charge is 0.146 e. The molecule has 0 saturated carbocycles. The molecule has 0 spiro atoms. The first kappa shape index (κ1) is 8.62. The van der Waals surface area contributed by atoms with Gasteiger partial charge < -0.3 is 15.5 Å². The van der Waals surface area contributed by atoms with Gasteiger partial charge in [-0.2, -0.15) is 0 Å². The molecular formula is C10H11N3O. The van der Waals surface area contributed by atoms with Crippen LogP contribution in [0.4, 0.5) is 5.82 Å². The Kier molecular flexibility index (Phi) is 2.36. The van der Waals surface area contributed by atoms with E-state index in [1.54, 1.807) is 6.20 Å². The number of hydrogen-bond acceptors (Lipinski definition) is 3. The van der Waals surface area contributed by atoms with Gasteiger partial charge in [-0.1, -0.05) is 18.2 Å². The van der Waals surface area contributed by atoms with Gasteiger partial charge in [-0.25, -0.2) is 4.98 Å². The van der Waals surface area contributed by atoms with Gasteiger partial charge in [-0.05, 0) is 12.1 Å². The first-order valence-electron chi connectivity index (χ1n) is 4.32. The molecule has 0 aliphatic carbocycles. The van der Waals surface area contributed by atoms with Crippen molar-refractivity contribution in [2.45, 2.75) is 6.61 Å². The van der Waals surface area contributed by atoms with Gasteiger partial charge in [0.05, 0.1) is 6.20 Å². The Labute approximate surface area is 81.7 Å². The average molecular weight is 189 g/mol. The second-order valence-electron chi connectivity index (χ2n) is 2.89. The maximum absolute atomic E-state index is 5.47. The number of aromatic amines is 1. The van der Waals surface area contributed by atoms with Crippen LogP contribution in [-0.4, -0.2) is 9.97 Å². The lowest BCUT2D eigenvalue weighted by atomic mass is 10.3. The van der Waals surface area contributed by atoms with E-state index in [-0.39, 0.29) is 0 Å². The number of imidazole rings is 1. The van der Waals surface area contributed by atoms with Crippen molar-refractivity contribution >= 4 is 5.82 Å². The number of nitrogen functional groups attached to an aromatic ring is 1. The third-order valence-corrected chi connectivity index (χ3v) is 1.77. The van der Waals surface area contributed by atoms with Crippen LogP contribution >= 0.6 is 0 Å². The summed E-state index contributed by atoms with van der Waals surface area (Å²) < 4.78 is 5.46. The van der Waals surface area contributed by atoms with Crippen molar-refractivity contribution in [1.82, 2.24) is 9.97 Å². The van der Waals surface area contributed by atoms with E-state index in [9.17, 15) is 0 Å².